The smallest absolute Gasteiger partial charge is 0.0329 e. The molecule has 1 heteroatoms. The van der Waals surface area contributed by atoms with Crippen LogP contribution >= 0.6 is 15.9 Å². The van der Waals surface area contributed by atoms with Gasteiger partial charge in [-0.1, -0.05) is 39.7 Å². The molecule has 0 aromatic carbocycles. The molecule has 0 aliphatic heterocycles. The number of hydrogen-bond donors (Lipinski definition) is 0. The van der Waals surface area contributed by atoms with Gasteiger partial charge in [-0.15, -0.1) is 0 Å². The molecule has 0 nitrogen and oxygen atoms in total. The summed E-state index contributed by atoms with van der Waals surface area (Å²) in [4.78, 5) is 0.558. The lowest BCUT2D eigenvalue weighted by molar-refractivity contribution is 0.911. The van der Waals surface area contributed by atoms with Gasteiger partial charge in [-0.2, -0.15) is 0 Å². The normalized spacial score (nSPS) is 21.3. The maximum Gasteiger partial charge on any atom is 0.0329 e. The highest BCUT2D eigenvalue weighted by Crippen LogP contribution is 2.20. The SMILES string of the molecule is C[C@H](Br)C1=CC=CCC1. The molecule has 9 heavy (non-hydrogen) atoms. The molecule has 1 rings (SSSR count). The van der Waals surface area contributed by atoms with Gasteiger partial charge in [-0.3, -0.25) is 0 Å². The van der Waals surface area contributed by atoms with Crippen LogP contribution in [0.4, 0.5) is 0 Å². The Kier molecular flexibility index (Phi) is 2.52. The molecule has 0 spiro atoms. The molecular weight excluding hydrogens is 176 g/mol. The van der Waals surface area contributed by atoms with Crippen LogP contribution < -0.4 is 0 Å². The number of hydrogen-bond acceptors (Lipinski definition) is 0. The first-order valence-corrected chi connectivity index (χ1v) is 4.22. The summed E-state index contributed by atoms with van der Waals surface area (Å²) >= 11 is 3.53. The Hall–Kier alpha value is -0.0400. The first-order valence-electron chi connectivity index (χ1n) is 3.30. The summed E-state index contributed by atoms with van der Waals surface area (Å²) in [6, 6.07) is 0. The van der Waals surface area contributed by atoms with E-state index in [1.165, 1.54) is 18.4 Å². The number of rotatable bonds is 1. The second kappa shape index (κ2) is 3.21. The topological polar surface area (TPSA) is 0 Å². The van der Waals surface area contributed by atoms with Gasteiger partial charge in [0.15, 0.2) is 0 Å². The highest BCUT2D eigenvalue weighted by molar-refractivity contribution is 9.09. The van der Waals surface area contributed by atoms with Crippen molar-refractivity contribution >= 4 is 15.9 Å². The van der Waals surface area contributed by atoms with E-state index in [9.17, 15) is 0 Å². The van der Waals surface area contributed by atoms with E-state index >= 15 is 0 Å². The molecule has 1 aliphatic rings. The van der Waals surface area contributed by atoms with Crippen LogP contribution in [0.15, 0.2) is 23.8 Å². The zero-order chi connectivity index (χ0) is 6.69. The van der Waals surface area contributed by atoms with Crippen molar-refractivity contribution in [3.8, 4) is 0 Å². The summed E-state index contributed by atoms with van der Waals surface area (Å²) in [5.41, 5.74) is 1.51. The van der Waals surface area contributed by atoms with Gasteiger partial charge in [0.05, 0.1) is 0 Å². The van der Waals surface area contributed by atoms with Crippen LogP contribution in [0.3, 0.4) is 0 Å². The van der Waals surface area contributed by atoms with E-state index in [0.717, 1.165) is 0 Å². The molecule has 1 atom stereocenters. The van der Waals surface area contributed by atoms with Crippen LogP contribution in [-0.2, 0) is 0 Å². The van der Waals surface area contributed by atoms with Gasteiger partial charge in [0, 0.05) is 4.83 Å². The summed E-state index contributed by atoms with van der Waals surface area (Å²) < 4.78 is 0. The van der Waals surface area contributed by atoms with Crippen LogP contribution in [-0.4, -0.2) is 4.83 Å². The van der Waals surface area contributed by atoms with Crippen molar-refractivity contribution in [1.82, 2.24) is 0 Å². The van der Waals surface area contributed by atoms with Gasteiger partial charge in [0.25, 0.3) is 0 Å². The zero-order valence-electron chi connectivity index (χ0n) is 5.60. The lowest BCUT2D eigenvalue weighted by atomic mass is 10.0. The first-order chi connectivity index (χ1) is 4.30. The predicted molar refractivity (Wildman–Crippen MR) is 44.8 cm³/mol. The second-order valence-corrected chi connectivity index (χ2v) is 3.70. The molecule has 0 bridgehead atoms. The molecule has 0 aromatic heterocycles. The molecule has 50 valence electrons. The Balaban J connectivity index is 2.57. The Labute approximate surface area is 64.8 Å². The van der Waals surface area contributed by atoms with Crippen molar-refractivity contribution in [2.24, 2.45) is 0 Å². The molecular formula is C8H11Br. The van der Waals surface area contributed by atoms with Crippen molar-refractivity contribution in [3.63, 3.8) is 0 Å². The van der Waals surface area contributed by atoms with Gasteiger partial charge in [0.2, 0.25) is 0 Å². The van der Waals surface area contributed by atoms with E-state index in [0.29, 0.717) is 4.83 Å². The van der Waals surface area contributed by atoms with Gasteiger partial charge < -0.3 is 0 Å². The number of allylic oxidation sites excluding steroid dienone is 4. The Bertz CT molecular complexity index is 143. The Morgan fingerprint density at radius 3 is 2.78 bits per heavy atom. The summed E-state index contributed by atoms with van der Waals surface area (Å²) in [5.74, 6) is 0. The van der Waals surface area contributed by atoms with Gasteiger partial charge in [-0.05, 0) is 19.8 Å². The minimum absolute atomic E-state index is 0.558. The van der Waals surface area contributed by atoms with E-state index in [1.807, 2.05) is 0 Å². The highest BCUT2D eigenvalue weighted by atomic mass is 79.9. The van der Waals surface area contributed by atoms with Crippen molar-refractivity contribution < 1.29 is 0 Å². The average molecular weight is 187 g/mol. The quantitative estimate of drug-likeness (QED) is 0.553. The molecule has 0 amide bonds. The van der Waals surface area contributed by atoms with Gasteiger partial charge in [-0.25, -0.2) is 0 Å². The van der Waals surface area contributed by atoms with Gasteiger partial charge in [0.1, 0.15) is 0 Å². The minimum atomic E-state index is 0.558. The fourth-order valence-electron chi connectivity index (χ4n) is 0.953. The van der Waals surface area contributed by atoms with E-state index in [4.69, 9.17) is 0 Å². The second-order valence-electron chi connectivity index (χ2n) is 2.32. The van der Waals surface area contributed by atoms with Crippen molar-refractivity contribution in [2.45, 2.75) is 24.6 Å². The van der Waals surface area contributed by atoms with E-state index in [-0.39, 0.29) is 0 Å². The minimum Gasteiger partial charge on any atom is -0.0845 e. The third kappa shape index (κ3) is 1.98. The number of halogens is 1. The fraction of sp³-hybridized carbons (Fsp3) is 0.500. The third-order valence-electron chi connectivity index (χ3n) is 1.56. The van der Waals surface area contributed by atoms with Crippen LogP contribution in [0.2, 0.25) is 0 Å². The molecule has 0 N–H and O–H groups in total. The summed E-state index contributed by atoms with van der Waals surface area (Å²) in [5, 5.41) is 0. The van der Waals surface area contributed by atoms with Crippen LogP contribution in [0.5, 0.6) is 0 Å². The summed E-state index contributed by atoms with van der Waals surface area (Å²) in [7, 11) is 0. The largest absolute Gasteiger partial charge is 0.0845 e. The monoisotopic (exact) mass is 186 g/mol. The molecule has 0 saturated heterocycles. The molecule has 0 aromatic rings. The molecule has 0 radical (unpaired) electrons. The van der Waals surface area contributed by atoms with E-state index in [2.05, 4.69) is 41.1 Å². The average Bonchev–Trinajstić information content (AvgIpc) is 1.90. The molecule has 0 saturated carbocycles. The van der Waals surface area contributed by atoms with Crippen LogP contribution in [0.25, 0.3) is 0 Å². The maximum atomic E-state index is 3.53. The number of alkyl halides is 1. The molecule has 0 heterocycles. The fourth-order valence-corrected chi connectivity index (χ4v) is 1.33. The maximum absolute atomic E-state index is 3.53. The van der Waals surface area contributed by atoms with Gasteiger partial charge >= 0.3 is 0 Å². The first kappa shape index (κ1) is 7.07. The molecule has 0 fully saturated rings. The molecule has 1 aliphatic carbocycles. The lowest BCUT2D eigenvalue weighted by Crippen LogP contribution is -1.97. The predicted octanol–water partition coefficient (Wildman–Crippen LogP) is 3.05. The van der Waals surface area contributed by atoms with Crippen molar-refractivity contribution in [3.05, 3.63) is 23.8 Å². The van der Waals surface area contributed by atoms with Crippen LogP contribution in [0.1, 0.15) is 19.8 Å². The van der Waals surface area contributed by atoms with Crippen molar-refractivity contribution in [1.29, 1.82) is 0 Å². The van der Waals surface area contributed by atoms with Crippen LogP contribution in [0, 0.1) is 0 Å². The zero-order valence-corrected chi connectivity index (χ0v) is 7.19. The standard InChI is InChI=1S/C8H11Br/c1-7(9)8-5-3-2-4-6-8/h2-3,5,7H,4,6H2,1H3/t7-/m0/s1. The molecule has 0 unspecified atom stereocenters. The Morgan fingerprint density at radius 1 is 1.67 bits per heavy atom. The summed E-state index contributed by atoms with van der Waals surface area (Å²) in [6.45, 7) is 2.17. The Morgan fingerprint density at radius 2 is 2.44 bits per heavy atom. The summed E-state index contributed by atoms with van der Waals surface area (Å²) in [6.07, 6.45) is 8.98. The van der Waals surface area contributed by atoms with E-state index < -0.39 is 0 Å². The van der Waals surface area contributed by atoms with E-state index in [1.54, 1.807) is 0 Å². The highest BCUT2D eigenvalue weighted by Gasteiger charge is 2.03. The third-order valence-corrected chi connectivity index (χ3v) is 2.15. The lowest BCUT2D eigenvalue weighted by Gasteiger charge is -2.09. The van der Waals surface area contributed by atoms with Crippen molar-refractivity contribution in [2.75, 3.05) is 0 Å².